The van der Waals surface area contributed by atoms with Crippen molar-refractivity contribution >= 4 is 23.5 Å². The summed E-state index contributed by atoms with van der Waals surface area (Å²) in [5, 5.41) is 10.00. The number of thiophene rings is 1. The van der Waals surface area contributed by atoms with Crippen LogP contribution in [0.4, 0.5) is 0 Å². The van der Waals surface area contributed by atoms with Gasteiger partial charge in [-0.1, -0.05) is 25.1 Å². The van der Waals surface area contributed by atoms with E-state index in [9.17, 15) is 9.59 Å². The summed E-state index contributed by atoms with van der Waals surface area (Å²) < 4.78 is 11.2. The Hall–Kier alpha value is -3.00. The number of amides is 1. The molecule has 0 saturated carbocycles. The molecule has 0 bridgehead atoms. The van der Waals surface area contributed by atoms with Crippen LogP contribution in [-0.4, -0.2) is 40.4 Å². The number of benzene rings is 1. The van der Waals surface area contributed by atoms with Gasteiger partial charge in [0.05, 0.1) is 17.0 Å². The zero-order valence-corrected chi connectivity index (χ0v) is 15.6. The Balaban J connectivity index is 1.64. The van der Waals surface area contributed by atoms with Crippen LogP contribution in [0.15, 0.2) is 46.2 Å². The Morgan fingerprint density at radius 2 is 2.11 bits per heavy atom. The summed E-state index contributed by atoms with van der Waals surface area (Å²) in [6.07, 6.45) is 1.48. The molecular formula is C19H19N3O4S. The second-order valence-corrected chi connectivity index (χ2v) is 6.69. The van der Waals surface area contributed by atoms with Crippen molar-refractivity contribution in [1.29, 1.82) is 0 Å². The maximum Gasteiger partial charge on any atom is 0.260 e. The number of aldehydes is 1. The predicted molar refractivity (Wildman–Crippen MR) is 101 cm³/mol. The molecule has 7 nitrogen and oxygen atoms in total. The van der Waals surface area contributed by atoms with Crippen LogP contribution >= 0.6 is 11.3 Å². The number of para-hydroxylation sites is 1. The topological polar surface area (TPSA) is 85.5 Å². The van der Waals surface area contributed by atoms with Gasteiger partial charge in [-0.15, -0.1) is 21.5 Å². The number of carbonyl (C=O) groups is 2. The highest BCUT2D eigenvalue weighted by atomic mass is 32.1. The highest BCUT2D eigenvalue weighted by Gasteiger charge is 2.18. The molecule has 0 atom stereocenters. The Morgan fingerprint density at radius 1 is 1.26 bits per heavy atom. The van der Waals surface area contributed by atoms with Gasteiger partial charge in [0.15, 0.2) is 12.9 Å². The molecule has 2 heterocycles. The van der Waals surface area contributed by atoms with Crippen LogP contribution in [0.25, 0.3) is 10.8 Å². The summed E-state index contributed by atoms with van der Waals surface area (Å²) in [5.41, 5.74) is 0.407. The molecule has 0 spiro atoms. The first-order chi connectivity index (χ1) is 13.2. The fourth-order valence-corrected chi connectivity index (χ4v) is 3.13. The Kier molecular flexibility index (Phi) is 6.32. The van der Waals surface area contributed by atoms with E-state index in [0.717, 1.165) is 11.3 Å². The molecule has 2 aromatic heterocycles. The molecule has 0 fully saturated rings. The second kappa shape index (κ2) is 9.09. The van der Waals surface area contributed by atoms with Crippen molar-refractivity contribution < 1.29 is 18.7 Å². The lowest BCUT2D eigenvalue weighted by Crippen LogP contribution is -2.35. The fourth-order valence-electron chi connectivity index (χ4n) is 2.48. The maximum atomic E-state index is 12.6. The first-order valence-corrected chi connectivity index (χ1v) is 9.40. The minimum Gasteiger partial charge on any atom is -0.483 e. The van der Waals surface area contributed by atoms with E-state index in [0.29, 0.717) is 35.9 Å². The molecule has 0 saturated heterocycles. The van der Waals surface area contributed by atoms with E-state index in [4.69, 9.17) is 9.15 Å². The summed E-state index contributed by atoms with van der Waals surface area (Å²) in [6.45, 7) is 2.56. The van der Waals surface area contributed by atoms with Gasteiger partial charge in [-0.25, -0.2) is 0 Å². The number of rotatable bonds is 9. The van der Waals surface area contributed by atoms with Crippen molar-refractivity contribution in [2.24, 2.45) is 0 Å². The smallest absolute Gasteiger partial charge is 0.260 e. The van der Waals surface area contributed by atoms with Crippen LogP contribution < -0.4 is 4.74 Å². The molecule has 0 radical (unpaired) electrons. The molecule has 0 unspecified atom stereocenters. The van der Waals surface area contributed by atoms with E-state index in [1.165, 1.54) is 11.3 Å². The molecule has 0 aliphatic heterocycles. The zero-order valence-electron chi connectivity index (χ0n) is 14.8. The molecule has 0 N–H and O–H groups in total. The van der Waals surface area contributed by atoms with Crippen LogP contribution in [0.1, 0.15) is 29.6 Å². The number of nitrogens with zero attached hydrogens (tertiary/aromatic N) is 3. The molecule has 1 amide bonds. The number of hydrogen-bond acceptors (Lipinski definition) is 7. The third kappa shape index (κ3) is 4.79. The largest absolute Gasteiger partial charge is 0.483 e. The average molecular weight is 385 g/mol. The minimum absolute atomic E-state index is 0.170. The second-order valence-electron chi connectivity index (χ2n) is 5.74. The lowest BCUT2D eigenvalue weighted by atomic mass is 10.2. The summed E-state index contributed by atoms with van der Waals surface area (Å²) >= 11 is 1.51. The van der Waals surface area contributed by atoms with Crippen LogP contribution in [0.2, 0.25) is 0 Å². The van der Waals surface area contributed by atoms with E-state index < -0.39 is 0 Å². The fraction of sp³-hybridized carbons (Fsp3) is 0.263. The maximum absolute atomic E-state index is 12.6. The van der Waals surface area contributed by atoms with E-state index in [1.54, 1.807) is 29.2 Å². The van der Waals surface area contributed by atoms with Crippen molar-refractivity contribution in [2.75, 3.05) is 13.2 Å². The standard InChI is InChI=1S/C19H19N3O4S/c1-2-9-22(11-17-20-21-19(26-17)16-8-5-10-27-16)18(24)13-25-15-7-4-3-6-14(15)12-23/h3-8,10,12H,2,9,11,13H2,1H3. The van der Waals surface area contributed by atoms with Crippen molar-refractivity contribution in [3.8, 4) is 16.5 Å². The Morgan fingerprint density at radius 3 is 2.85 bits per heavy atom. The Labute approximate surface area is 160 Å². The van der Waals surface area contributed by atoms with Gasteiger partial charge in [0.2, 0.25) is 5.89 Å². The van der Waals surface area contributed by atoms with Gasteiger partial charge >= 0.3 is 0 Å². The van der Waals surface area contributed by atoms with Gasteiger partial charge in [-0.05, 0) is 30.0 Å². The molecule has 1 aromatic carbocycles. The minimum atomic E-state index is -0.214. The van der Waals surface area contributed by atoms with Gasteiger partial charge in [0, 0.05) is 6.54 Å². The van der Waals surface area contributed by atoms with Crippen molar-refractivity contribution in [1.82, 2.24) is 15.1 Å². The van der Waals surface area contributed by atoms with E-state index >= 15 is 0 Å². The Bertz CT molecular complexity index is 892. The number of ether oxygens (including phenoxy) is 1. The van der Waals surface area contributed by atoms with E-state index in [2.05, 4.69) is 10.2 Å². The summed E-state index contributed by atoms with van der Waals surface area (Å²) in [7, 11) is 0. The van der Waals surface area contributed by atoms with E-state index in [1.807, 2.05) is 24.4 Å². The molecule has 0 aliphatic carbocycles. The molecule has 3 rings (SSSR count). The van der Waals surface area contributed by atoms with E-state index in [-0.39, 0.29) is 19.1 Å². The average Bonchev–Trinajstić information content (AvgIpc) is 3.37. The van der Waals surface area contributed by atoms with Gasteiger partial charge < -0.3 is 14.1 Å². The first-order valence-electron chi connectivity index (χ1n) is 8.52. The highest BCUT2D eigenvalue weighted by Crippen LogP contribution is 2.23. The number of carbonyl (C=O) groups excluding carboxylic acids is 2. The van der Waals surface area contributed by atoms with Crippen molar-refractivity contribution in [3.63, 3.8) is 0 Å². The molecule has 27 heavy (non-hydrogen) atoms. The molecule has 3 aromatic rings. The summed E-state index contributed by atoms with van der Waals surface area (Å²) in [6, 6.07) is 10.6. The monoisotopic (exact) mass is 385 g/mol. The van der Waals surface area contributed by atoms with Crippen molar-refractivity contribution in [3.05, 3.63) is 53.2 Å². The van der Waals surface area contributed by atoms with Crippen LogP contribution in [0.5, 0.6) is 5.75 Å². The summed E-state index contributed by atoms with van der Waals surface area (Å²) in [4.78, 5) is 26.1. The molecule has 0 aliphatic rings. The van der Waals surface area contributed by atoms with Gasteiger partial charge in [0.1, 0.15) is 5.75 Å². The zero-order chi connectivity index (χ0) is 19.1. The van der Waals surface area contributed by atoms with Crippen LogP contribution in [-0.2, 0) is 11.3 Å². The quantitative estimate of drug-likeness (QED) is 0.525. The molecule has 140 valence electrons. The lowest BCUT2D eigenvalue weighted by molar-refractivity contribution is -0.134. The van der Waals surface area contributed by atoms with Gasteiger partial charge in [0.25, 0.3) is 11.8 Å². The van der Waals surface area contributed by atoms with Gasteiger partial charge in [-0.2, -0.15) is 0 Å². The third-order valence-electron chi connectivity index (χ3n) is 3.77. The highest BCUT2D eigenvalue weighted by molar-refractivity contribution is 7.13. The SMILES string of the molecule is CCCN(Cc1nnc(-c2cccs2)o1)C(=O)COc1ccccc1C=O. The normalized spacial score (nSPS) is 10.6. The number of aromatic nitrogens is 2. The molecular weight excluding hydrogens is 366 g/mol. The third-order valence-corrected chi connectivity index (χ3v) is 4.63. The first kappa shape index (κ1) is 18.8. The van der Waals surface area contributed by atoms with Crippen LogP contribution in [0, 0.1) is 0 Å². The van der Waals surface area contributed by atoms with Crippen molar-refractivity contribution in [2.45, 2.75) is 19.9 Å². The summed E-state index contributed by atoms with van der Waals surface area (Å²) in [5.74, 6) is 0.983. The predicted octanol–water partition coefficient (Wildman–Crippen LogP) is 3.43. The van der Waals surface area contributed by atoms with Gasteiger partial charge in [-0.3, -0.25) is 9.59 Å². The number of hydrogen-bond donors (Lipinski definition) is 0. The van der Waals surface area contributed by atoms with Crippen LogP contribution in [0.3, 0.4) is 0 Å². The lowest BCUT2D eigenvalue weighted by Gasteiger charge is -2.20. The molecule has 8 heteroatoms.